The van der Waals surface area contributed by atoms with Crippen LogP contribution in [0.4, 0.5) is 11.4 Å². The van der Waals surface area contributed by atoms with E-state index in [1.807, 2.05) is 44.2 Å². The predicted octanol–water partition coefficient (Wildman–Crippen LogP) is 3.39. The molecule has 3 nitrogen and oxygen atoms in total. The number of carbonyl (C=O) groups excluding carboxylic acids is 1. The number of nitrogen functional groups attached to an aromatic ring is 1. The predicted molar refractivity (Wildman–Crippen MR) is 79.4 cm³/mol. The Morgan fingerprint density at radius 2 is 1.95 bits per heavy atom. The number of amides is 1. The van der Waals surface area contributed by atoms with Crippen LogP contribution in [-0.2, 0) is 6.42 Å². The van der Waals surface area contributed by atoms with Gasteiger partial charge < -0.3 is 11.1 Å². The van der Waals surface area contributed by atoms with Crippen molar-refractivity contribution < 1.29 is 4.79 Å². The fourth-order valence-electron chi connectivity index (χ4n) is 1.96. The van der Waals surface area contributed by atoms with Gasteiger partial charge in [-0.05, 0) is 48.7 Å². The Hall–Kier alpha value is -2.29. The molecule has 0 atom stereocenters. The van der Waals surface area contributed by atoms with Gasteiger partial charge in [-0.1, -0.05) is 25.1 Å². The summed E-state index contributed by atoms with van der Waals surface area (Å²) >= 11 is 0. The van der Waals surface area contributed by atoms with E-state index in [-0.39, 0.29) is 5.91 Å². The fraction of sp³-hybridized carbons (Fsp3) is 0.188. The molecule has 2 aromatic carbocycles. The number of aryl methyl sites for hydroxylation is 2. The summed E-state index contributed by atoms with van der Waals surface area (Å²) in [4.78, 5) is 12.2. The standard InChI is InChI=1S/C16H18N2O/c1-3-12-10-13(8-9-14(12)17)16(19)18-15-7-5-4-6-11(15)2/h4-10H,3,17H2,1-2H3,(H,18,19). The van der Waals surface area contributed by atoms with Crippen molar-refractivity contribution in [3.05, 3.63) is 59.2 Å². The maximum Gasteiger partial charge on any atom is 0.255 e. The summed E-state index contributed by atoms with van der Waals surface area (Å²) in [5, 5.41) is 2.92. The number of carbonyl (C=O) groups is 1. The third-order valence-electron chi connectivity index (χ3n) is 3.18. The van der Waals surface area contributed by atoms with Crippen LogP contribution < -0.4 is 11.1 Å². The van der Waals surface area contributed by atoms with E-state index in [1.54, 1.807) is 12.1 Å². The van der Waals surface area contributed by atoms with Crippen LogP contribution in [-0.4, -0.2) is 5.91 Å². The minimum atomic E-state index is -0.107. The Morgan fingerprint density at radius 3 is 2.63 bits per heavy atom. The summed E-state index contributed by atoms with van der Waals surface area (Å²) in [5.41, 5.74) is 10.1. The Labute approximate surface area is 113 Å². The van der Waals surface area contributed by atoms with Crippen molar-refractivity contribution in [2.24, 2.45) is 0 Å². The Bertz CT molecular complexity index is 605. The average Bonchev–Trinajstić information content (AvgIpc) is 2.42. The second-order valence-corrected chi connectivity index (χ2v) is 4.54. The van der Waals surface area contributed by atoms with Gasteiger partial charge in [0.2, 0.25) is 0 Å². The van der Waals surface area contributed by atoms with Gasteiger partial charge in [0, 0.05) is 16.9 Å². The van der Waals surface area contributed by atoms with E-state index in [2.05, 4.69) is 5.32 Å². The van der Waals surface area contributed by atoms with Crippen LogP contribution in [0.2, 0.25) is 0 Å². The van der Waals surface area contributed by atoms with Gasteiger partial charge in [-0.15, -0.1) is 0 Å². The summed E-state index contributed by atoms with van der Waals surface area (Å²) in [7, 11) is 0. The monoisotopic (exact) mass is 254 g/mol. The second kappa shape index (κ2) is 5.57. The minimum Gasteiger partial charge on any atom is -0.399 e. The van der Waals surface area contributed by atoms with E-state index in [9.17, 15) is 4.79 Å². The summed E-state index contributed by atoms with van der Waals surface area (Å²) in [6, 6.07) is 13.1. The summed E-state index contributed by atoms with van der Waals surface area (Å²) in [6.07, 6.45) is 0.817. The summed E-state index contributed by atoms with van der Waals surface area (Å²) in [5.74, 6) is -0.107. The van der Waals surface area contributed by atoms with Crippen LogP contribution in [0.3, 0.4) is 0 Å². The second-order valence-electron chi connectivity index (χ2n) is 4.54. The molecule has 0 aliphatic rings. The zero-order valence-corrected chi connectivity index (χ0v) is 11.2. The molecule has 0 fully saturated rings. The Kier molecular flexibility index (Phi) is 3.85. The highest BCUT2D eigenvalue weighted by molar-refractivity contribution is 6.05. The highest BCUT2D eigenvalue weighted by Gasteiger charge is 2.09. The van der Waals surface area contributed by atoms with Crippen molar-refractivity contribution in [1.29, 1.82) is 0 Å². The van der Waals surface area contributed by atoms with E-state index in [0.717, 1.165) is 28.9 Å². The average molecular weight is 254 g/mol. The van der Waals surface area contributed by atoms with Crippen molar-refractivity contribution in [3.63, 3.8) is 0 Å². The van der Waals surface area contributed by atoms with Crippen LogP contribution in [0.1, 0.15) is 28.4 Å². The Balaban J connectivity index is 2.23. The maximum atomic E-state index is 12.2. The number of hydrogen-bond acceptors (Lipinski definition) is 2. The highest BCUT2D eigenvalue weighted by Crippen LogP contribution is 2.18. The number of hydrogen-bond donors (Lipinski definition) is 2. The van der Waals surface area contributed by atoms with Gasteiger partial charge in [0.25, 0.3) is 5.91 Å². The molecule has 2 aromatic rings. The number of para-hydroxylation sites is 1. The number of nitrogens with two attached hydrogens (primary N) is 1. The van der Waals surface area contributed by atoms with E-state index < -0.39 is 0 Å². The SMILES string of the molecule is CCc1cc(C(=O)Nc2ccccc2C)ccc1N. The molecule has 0 radical (unpaired) electrons. The first-order valence-corrected chi connectivity index (χ1v) is 6.37. The molecule has 0 heterocycles. The molecule has 0 bridgehead atoms. The molecular formula is C16H18N2O. The van der Waals surface area contributed by atoms with E-state index in [1.165, 1.54) is 0 Å². The summed E-state index contributed by atoms with van der Waals surface area (Å²) in [6.45, 7) is 3.99. The lowest BCUT2D eigenvalue weighted by Crippen LogP contribution is -2.13. The van der Waals surface area contributed by atoms with Crippen LogP contribution in [0, 0.1) is 6.92 Å². The largest absolute Gasteiger partial charge is 0.399 e. The van der Waals surface area contributed by atoms with Crippen LogP contribution in [0.5, 0.6) is 0 Å². The molecule has 0 saturated heterocycles. The lowest BCUT2D eigenvalue weighted by molar-refractivity contribution is 0.102. The first-order chi connectivity index (χ1) is 9.11. The molecule has 0 spiro atoms. The third-order valence-corrected chi connectivity index (χ3v) is 3.18. The Morgan fingerprint density at radius 1 is 1.21 bits per heavy atom. The third kappa shape index (κ3) is 2.94. The van der Waals surface area contributed by atoms with Crippen molar-refractivity contribution in [1.82, 2.24) is 0 Å². The van der Waals surface area contributed by atoms with E-state index >= 15 is 0 Å². The molecule has 0 aliphatic heterocycles. The van der Waals surface area contributed by atoms with Gasteiger partial charge in [0.1, 0.15) is 0 Å². The van der Waals surface area contributed by atoms with Crippen LogP contribution >= 0.6 is 0 Å². The lowest BCUT2D eigenvalue weighted by Gasteiger charge is -2.10. The lowest BCUT2D eigenvalue weighted by atomic mass is 10.1. The first kappa shape index (κ1) is 13.1. The molecule has 0 aliphatic carbocycles. The highest BCUT2D eigenvalue weighted by atomic mass is 16.1. The number of rotatable bonds is 3. The van der Waals surface area contributed by atoms with Gasteiger partial charge in [-0.3, -0.25) is 4.79 Å². The smallest absolute Gasteiger partial charge is 0.255 e. The van der Waals surface area contributed by atoms with Crippen LogP contribution in [0.25, 0.3) is 0 Å². The number of nitrogens with one attached hydrogen (secondary N) is 1. The van der Waals surface area contributed by atoms with Gasteiger partial charge in [0.05, 0.1) is 0 Å². The quantitative estimate of drug-likeness (QED) is 0.825. The van der Waals surface area contributed by atoms with E-state index in [0.29, 0.717) is 5.56 Å². The maximum absolute atomic E-state index is 12.2. The molecule has 3 heteroatoms. The van der Waals surface area contributed by atoms with Crippen molar-refractivity contribution in [2.75, 3.05) is 11.1 Å². The zero-order chi connectivity index (χ0) is 13.8. The number of anilines is 2. The molecule has 19 heavy (non-hydrogen) atoms. The van der Waals surface area contributed by atoms with Gasteiger partial charge in [-0.2, -0.15) is 0 Å². The minimum absolute atomic E-state index is 0.107. The van der Waals surface area contributed by atoms with E-state index in [4.69, 9.17) is 5.73 Å². The molecule has 0 aromatic heterocycles. The molecule has 3 N–H and O–H groups in total. The molecule has 2 rings (SSSR count). The fourth-order valence-corrected chi connectivity index (χ4v) is 1.96. The van der Waals surface area contributed by atoms with Crippen LogP contribution in [0.15, 0.2) is 42.5 Å². The summed E-state index contributed by atoms with van der Waals surface area (Å²) < 4.78 is 0. The normalized spacial score (nSPS) is 10.2. The zero-order valence-electron chi connectivity index (χ0n) is 11.2. The van der Waals surface area contributed by atoms with Crippen molar-refractivity contribution in [2.45, 2.75) is 20.3 Å². The van der Waals surface area contributed by atoms with Gasteiger partial charge in [0.15, 0.2) is 0 Å². The molecule has 0 unspecified atom stereocenters. The van der Waals surface area contributed by atoms with Gasteiger partial charge in [-0.25, -0.2) is 0 Å². The van der Waals surface area contributed by atoms with Gasteiger partial charge >= 0.3 is 0 Å². The van der Waals surface area contributed by atoms with Crippen molar-refractivity contribution in [3.8, 4) is 0 Å². The molecular weight excluding hydrogens is 236 g/mol. The molecule has 0 saturated carbocycles. The molecule has 1 amide bonds. The first-order valence-electron chi connectivity index (χ1n) is 6.37. The molecule has 98 valence electrons. The topological polar surface area (TPSA) is 55.1 Å². The van der Waals surface area contributed by atoms with Crippen molar-refractivity contribution >= 4 is 17.3 Å². The number of benzene rings is 2.